The van der Waals surface area contributed by atoms with Crippen molar-refractivity contribution in [1.29, 1.82) is 0 Å². The zero-order valence-corrected chi connectivity index (χ0v) is 7.00. The number of fused-ring (bicyclic) bond motifs is 1. The van der Waals surface area contributed by atoms with Crippen LogP contribution in [-0.4, -0.2) is 5.11 Å². The second-order valence-electron chi connectivity index (χ2n) is 3.36. The fraction of sp³-hybridized carbons (Fsp3) is 0.333. The molecule has 1 aromatic carbocycles. The Kier molecular flexibility index (Phi) is 1.32. The van der Waals surface area contributed by atoms with Gasteiger partial charge in [0.05, 0.1) is 5.60 Å². The summed E-state index contributed by atoms with van der Waals surface area (Å²) in [6.07, 6.45) is 0. The molecule has 64 valence electrons. The van der Waals surface area contributed by atoms with E-state index < -0.39 is 5.60 Å². The fourth-order valence-corrected chi connectivity index (χ4v) is 1.20. The summed E-state index contributed by atoms with van der Waals surface area (Å²) in [5.41, 5.74) is 1.21. The zero-order valence-electron chi connectivity index (χ0n) is 7.00. The van der Waals surface area contributed by atoms with Crippen LogP contribution in [0.4, 0.5) is 0 Å². The van der Waals surface area contributed by atoms with Crippen molar-refractivity contribution in [3.8, 4) is 0 Å². The van der Waals surface area contributed by atoms with Gasteiger partial charge in [0.2, 0.25) is 11.2 Å². The first-order chi connectivity index (χ1) is 5.59. The molecule has 12 heavy (non-hydrogen) atoms. The summed E-state index contributed by atoms with van der Waals surface area (Å²) >= 11 is 0. The zero-order chi connectivity index (χ0) is 8.77. The Morgan fingerprint density at radius 1 is 1.25 bits per heavy atom. The van der Waals surface area contributed by atoms with Gasteiger partial charge in [-0.15, -0.1) is 0 Å². The number of rotatable bonds is 1. The van der Waals surface area contributed by atoms with Crippen LogP contribution >= 0.6 is 0 Å². The highest BCUT2D eigenvalue weighted by Crippen LogP contribution is 2.30. The number of hydrogen-bond donors (Lipinski definition) is 1. The van der Waals surface area contributed by atoms with Crippen molar-refractivity contribution in [2.45, 2.75) is 19.4 Å². The number of para-hydroxylation sites is 1. The molecule has 1 aromatic heterocycles. The van der Waals surface area contributed by atoms with Gasteiger partial charge < -0.3 is 5.11 Å². The van der Waals surface area contributed by atoms with Crippen molar-refractivity contribution in [3.05, 3.63) is 23.8 Å². The molecule has 3 nitrogen and oxygen atoms in total. The molecule has 3 heteroatoms. The van der Waals surface area contributed by atoms with E-state index in [9.17, 15) is 5.11 Å². The standard InChI is InChI=1S/C9H10O3/c1-9(2,10)6-4-3-5-7-8(6)12-11-7/h3-5,10H,1-2H3. The van der Waals surface area contributed by atoms with Gasteiger partial charge in [0.25, 0.3) is 0 Å². The molecular formula is C9H10O3. The normalized spacial score (nSPS) is 12.6. The topological polar surface area (TPSA) is 46.5 Å². The highest BCUT2D eigenvalue weighted by molar-refractivity contribution is 5.75. The molecule has 2 rings (SSSR count). The molecule has 0 radical (unpaired) electrons. The first kappa shape index (κ1) is 7.43. The first-order valence-electron chi connectivity index (χ1n) is 3.79. The van der Waals surface area contributed by atoms with Crippen LogP contribution in [0.3, 0.4) is 0 Å². The maximum absolute atomic E-state index is 9.69. The van der Waals surface area contributed by atoms with Crippen LogP contribution < -0.4 is 0 Å². The Morgan fingerprint density at radius 3 is 2.42 bits per heavy atom. The lowest BCUT2D eigenvalue weighted by Gasteiger charge is -2.18. The molecule has 0 unspecified atom stereocenters. The van der Waals surface area contributed by atoms with E-state index in [1.807, 2.05) is 12.1 Å². The number of aliphatic hydroxyl groups is 1. The lowest BCUT2D eigenvalue weighted by atomic mass is 9.98. The van der Waals surface area contributed by atoms with Gasteiger partial charge in [-0.05, 0) is 19.9 Å². The van der Waals surface area contributed by atoms with Crippen molar-refractivity contribution in [1.82, 2.24) is 0 Å². The minimum absolute atomic E-state index is 0.644. The smallest absolute Gasteiger partial charge is 0.231 e. The lowest BCUT2D eigenvalue weighted by molar-refractivity contribution is 0.0432. The summed E-state index contributed by atoms with van der Waals surface area (Å²) < 4.78 is 9.47. The molecule has 0 aliphatic heterocycles. The minimum Gasteiger partial charge on any atom is -0.386 e. The molecule has 0 aliphatic rings. The third kappa shape index (κ3) is 0.940. The summed E-state index contributed by atoms with van der Waals surface area (Å²) in [7, 11) is 0. The fourth-order valence-electron chi connectivity index (χ4n) is 1.20. The summed E-state index contributed by atoms with van der Waals surface area (Å²) in [6, 6.07) is 5.45. The van der Waals surface area contributed by atoms with E-state index in [0.29, 0.717) is 11.2 Å². The average Bonchev–Trinajstić information content (AvgIpc) is 1.88. The maximum atomic E-state index is 9.69. The largest absolute Gasteiger partial charge is 0.386 e. The van der Waals surface area contributed by atoms with Gasteiger partial charge in [-0.1, -0.05) is 12.1 Å². The van der Waals surface area contributed by atoms with E-state index in [1.165, 1.54) is 0 Å². The molecule has 2 aromatic rings. The van der Waals surface area contributed by atoms with E-state index in [1.54, 1.807) is 19.9 Å². The molecule has 0 bridgehead atoms. The number of hydrogen-bond acceptors (Lipinski definition) is 3. The van der Waals surface area contributed by atoms with E-state index in [4.69, 9.17) is 9.15 Å². The molecule has 0 saturated carbocycles. The Bertz CT molecular complexity index is 389. The molecule has 0 amide bonds. The molecule has 0 aliphatic carbocycles. The van der Waals surface area contributed by atoms with Crippen LogP contribution in [0.2, 0.25) is 0 Å². The van der Waals surface area contributed by atoms with Gasteiger partial charge in [0.15, 0.2) is 0 Å². The van der Waals surface area contributed by atoms with Gasteiger partial charge in [-0.3, -0.25) is 9.15 Å². The Morgan fingerprint density at radius 2 is 2.00 bits per heavy atom. The summed E-state index contributed by atoms with van der Waals surface area (Å²) in [4.78, 5) is 0. The van der Waals surface area contributed by atoms with Crippen LogP contribution in [0.1, 0.15) is 19.4 Å². The second-order valence-corrected chi connectivity index (χ2v) is 3.36. The van der Waals surface area contributed by atoms with Gasteiger partial charge in [-0.25, -0.2) is 0 Å². The third-order valence-corrected chi connectivity index (χ3v) is 1.85. The van der Waals surface area contributed by atoms with Crippen LogP contribution in [0.15, 0.2) is 27.4 Å². The third-order valence-electron chi connectivity index (χ3n) is 1.85. The number of benzene rings is 1. The predicted octanol–water partition coefficient (Wildman–Crippen LogP) is 2.25. The lowest BCUT2D eigenvalue weighted by Crippen LogP contribution is -2.16. The second kappa shape index (κ2) is 2.14. The van der Waals surface area contributed by atoms with E-state index >= 15 is 0 Å². The maximum Gasteiger partial charge on any atom is 0.231 e. The molecule has 1 heterocycles. The molecule has 0 fully saturated rings. The minimum atomic E-state index is -0.880. The first-order valence-corrected chi connectivity index (χ1v) is 3.79. The quantitative estimate of drug-likeness (QED) is 0.661. The van der Waals surface area contributed by atoms with Crippen molar-refractivity contribution in [2.75, 3.05) is 0 Å². The van der Waals surface area contributed by atoms with Crippen LogP contribution in [0.25, 0.3) is 11.2 Å². The summed E-state index contributed by atoms with van der Waals surface area (Å²) in [5.74, 6) is 0. The Hall–Kier alpha value is -1.22. The van der Waals surface area contributed by atoms with E-state index in [0.717, 1.165) is 5.56 Å². The highest BCUT2D eigenvalue weighted by atomic mass is 17.0. The van der Waals surface area contributed by atoms with Crippen LogP contribution in [-0.2, 0) is 5.60 Å². The molecule has 0 saturated heterocycles. The molecular weight excluding hydrogens is 156 g/mol. The van der Waals surface area contributed by atoms with Gasteiger partial charge >= 0.3 is 0 Å². The van der Waals surface area contributed by atoms with Gasteiger partial charge in [-0.2, -0.15) is 0 Å². The summed E-state index contributed by atoms with van der Waals surface area (Å²) in [6.45, 7) is 3.43. The monoisotopic (exact) mass is 166 g/mol. The van der Waals surface area contributed by atoms with Crippen LogP contribution in [0, 0.1) is 0 Å². The van der Waals surface area contributed by atoms with Crippen LogP contribution in [0.5, 0.6) is 0 Å². The van der Waals surface area contributed by atoms with Gasteiger partial charge in [0, 0.05) is 5.56 Å². The Labute approximate surface area is 69.5 Å². The van der Waals surface area contributed by atoms with E-state index in [-0.39, 0.29) is 0 Å². The average molecular weight is 166 g/mol. The molecule has 1 N–H and O–H groups in total. The Balaban J connectivity index is 2.64. The predicted molar refractivity (Wildman–Crippen MR) is 43.7 cm³/mol. The van der Waals surface area contributed by atoms with Crippen molar-refractivity contribution in [2.24, 2.45) is 0 Å². The highest BCUT2D eigenvalue weighted by Gasteiger charge is 2.23. The molecule has 0 atom stereocenters. The van der Waals surface area contributed by atoms with E-state index in [2.05, 4.69) is 0 Å². The van der Waals surface area contributed by atoms with Gasteiger partial charge in [0.1, 0.15) is 0 Å². The summed E-state index contributed by atoms with van der Waals surface area (Å²) in [5, 5.41) is 9.69. The van der Waals surface area contributed by atoms with Crippen molar-refractivity contribution >= 4 is 11.2 Å². The van der Waals surface area contributed by atoms with Crippen molar-refractivity contribution < 1.29 is 14.3 Å². The SMILES string of the molecule is CC(C)(O)c1cccc2ooc12. The van der Waals surface area contributed by atoms with Crippen molar-refractivity contribution in [3.63, 3.8) is 0 Å². The molecule has 0 spiro atoms.